The van der Waals surface area contributed by atoms with Crippen molar-refractivity contribution in [3.05, 3.63) is 23.2 Å². The monoisotopic (exact) mass is 290 g/mol. The lowest BCUT2D eigenvalue weighted by Crippen LogP contribution is -2.33. The van der Waals surface area contributed by atoms with Crippen LogP contribution in [0.4, 0.5) is 11.4 Å². The standard InChI is InChI=1S/C11H15ClN2O3S/c12-10-2-1-8(7-11(10)13)14-18(15,16)9-3-5-17-6-4-9/h1-2,7,9,14H,3-6,13H2. The second kappa shape index (κ2) is 5.34. The van der Waals surface area contributed by atoms with Gasteiger partial charge in [0.25, 0.3) is 0 Å². The number of sulfonamides is 1. The average molecular weight is 291 g/mol. The van der Waals surface area contributed by atoms with Gasteiger partial charge in [0.2, 0.25) is 10.0 Å². The topological polar surface area (TPSA) is 81.4 Å². The van der Waals surface area contributed by atoms with E-state index in [-0.39, 0.29) is 0 Å². The van der Waals surface area contributed by atoms with Crippen molar-refractivity contribution >= 4 is 33.0 Å². The maximum absolute atomic E-state index is 12.1. The van der Waals surface area contributed by atoms with Crippen molar-refractivity contribution in [2.45, 2.75) is 18.1 Å². The van der Waals surface area contributed by atoms with Gasteiger partial charge in [-0.3, -0.25) is 4.72 Å². The predicted molar refractivity (Wildman–Crippen MR) is 72.2 cm³/mol. The van der Waals surface area contributed by atoms with Crippen molar-refractivity contribution in [3.63, 3.8) is 0 Å². The van der Waals surface area contributed by atoms with E-state index in [1.54, 1.807) is 12.1 Å². The molecule has 0 unspecified atom stereocenters. The number of hydrogen-bond donors (Lipinski definition) is 2. The van der Waals surface area contributed by atoms with Crippen molar-refractivity contribution in [1.29, 1.82) is 0 Å². The molecule has 3 N–H and O–H groups in total. The molecule has 1 aliphatic heterocycles. The van der Waals surface area contributed by atoms with Gasteiger partial charge in [-0.2, -0.15) is 0 Å². The van der Waals surface area contributed by atoms with E-state index in [9.17, 15) is 8.42 Å². The Hall–Kier alpha value is -0.980. The highest BCUT2D eigenvalue weighted by molar-refractivity contribution is 7.93. The summed E-state index contributed by atoms with van der Waals surface area (Å²) in [6, 6.07) is 4.67. The summed E-state index contributed by atoms with van der Waals surface area (Å²) in [7, 11) is -3.39. The molecule has 1 fully saturated rings. The van der Waals surface area contributed by atoms with Gasteiger partial charge >= 0.3 is 0 Å². The molecule has 100 valence electrons. The Morgan fingerprint density at radius 2 is 2.00 bits per heavy atom. The Morgan fingerprint density at radius 3 is 2.61 bits per heavy atom. The first-order valence-corrected chi connectivity index (χ1v) is 7.56. The molecule has 7 heteroatoms. The molecule has 1 aromatic rings. The van der Waals surface area contributed by atoms with Gasteiger partial charge < -0.3 is 10.5 Å². The van der Waals surface area contributed by atoms with E-state index in [0.29, 0.717) is 42.5 Å². The predicted octanol–water partition coefficient (Wildman–Crippen LogP) is 1.84. The highest BCUT2D eigenvalue weighted by Gasteiger charge is 2.27. The first kappa shape index (κ1) is 13.5. The quantitative estimate of drug-likeness (QED) is 0.832. The molecular weight excluding hydrogens is 276 g/mol. The fourth-order valence-electron chi connectivity index (χ4n) is 1.84. The zero-order valence-electron chi connectivity index (χ0n) is 9.73. The summed E-state index contributed by atoms with van der Waals surface area (Å²) in [5, 5.41) is -0.00725. The van der Waals surface area contributed by atoms with Gasteiger partial charge in [0.15, 0.2) is 0 Å². The number of hydrogen-bond acceptors (Lipinski definition) is 4. The van der Waals surface area contributed by atoms with E-state index >= 15 is 0 Å². The second-order valence-corrected chi connectivity index (χ2v) is 6.56. The third-order valence-corrected chi connectivity index (χ3v) is 5.08. The Morgan fingerprint density at radius 1 is 1.33 bits per heavy atom. The molecule has 0 atom stereocenters. The number of halogens is 1. The van der Waals surface area contributed by atoms with Crippen molar-refractivity contribution in [2.24, 2.45) is 0 Å². The van der Waals surface area contributed by atoms with Crippen molar-refractivity contribution in [2.75, 3.05) is 23.7 Å². The van der Waals surface area contributed by atoms with Crippen LogP contribution in [-0.4, -0.2) is 26.9 Å². The molecule has 0 amide bonds. The molecule has 18 heavy (non-hydrogen) atoms. The fraction of sp³-hybridized carbons (Fsp3) is 0.455. The lowest BCUT2D eigenvalue weighted by atomic mass is 10.2. The van der Waals surface area contributed by atoms with Gasteiger partial charge in [-0.15, -0.1) is 0 Å². The number of ether oxygens (including phenoxy) is 1. The van der Waals surface area contributed by atoms with Crippen molar-refractivity contribution < 1.29 is 13.2 Å². The molecule has 1 heterocycles. The third-order valence-electron chi connectivity index (χ3n) is 2.86. The molecule has 1 aliphatic rings. The summed E-state index contributed by atoms with van der Waals surface area (Å²) < 4.78 is 31.9. The van der Waals surface area contributed by atoms with Crippen LogP contribution in [0.1, 0.15) is 12.8 Å². The molecule has 1 saturated heterocycles. The van der Waals surface area contributed by atoms with Gasteiger partial charge in [0.1, 0.15) is 0 Å². The summed E-state index contributed by atoms with van der Waals surface area (Å²) in [5.74, 6) is 0. The summed E-state index contributed by atoms with van der Waals surface area (Å²) in [6.45, 7) is 0.961. The summed E-state index contributed by atoms with van der Waals surface area (Å²) in [4.78, 5) is 0. The Labute approximate surface area is 111 Å². The molecule has 2 rings (SSSR count). The minimum absolute atomic E-state index is 0.351. The van der Waals surface area contributed by atoms with E-state index in [2.05, 4.69) is 4.72 Å². The molecule has 0 saturated carbocycles. The second-order valence-electron chi connectivity index (χ2n) is 4.20. The maximum atomic E-state index is 12.1. The Balaban J connectivity index is 2.13. The van der Waals surface area contributed by atoms with E-state index in [1.807, 2.05) is 0 Å². The Kier molecular flexibility index (Phi) is 3.99. The van der Waals surface area contributed by atoms with Gasteiger partial charge in [-0.25, -0.2) is 8.42 Å². The minimum Gasteiger partial charge on any atom is -0.397 e. The van der Waals surface area contributed by atoms with Gasteiger partial charge in [0, 0.05) is 13.2 Å². The number of nitrogen functional groups attached to an aromatic ring is 1. The van der Waals surface area contributed by atoms with E-state index in [4.69, 9.17) is 22.1 Å². The van der Waals surface area contributed by atoms with Crippen LogP contribution in [0.25, 0.3) is 0 Å². The van der Waals surface area contributed by atoms with Crippen LogP contribution < -0.4 is 10.5 Å². The summed E-state index contributed by atoms with van der Waals surface area (Å²) in [5.41, 5.74) is 6.42. The lowest BCUT2D eigenvalue weighted by Gasteiger charge is -2.22. The average Bonchev–Trinajstić information content (AvgIpc) is 2.35. The molecular formula is C11H15ClN2O3S. The van der Waals surface area contributed by atoms with E-state index < -0.39 is 15.3 Å². The number of nitrogens with two attached hydrogens (primary N) is 1. The third kappa shape index (κ3) is 3.07. The molecule has 0 aliphatic carbocycles. The molecule has 0 aromatic heterocycles. The normalized spacial score (nSPS) is 17.6. The minimum atomic E-state index is -3.39. The molecule has 1 aromatic carbocycles. The highest BCUT2D eigenvalue weighted by atomic mass is 35.5. The van der Waals surface area contributed by atoms with E-state index in [0.717, 1.165) is 0 Å². The Bertz CT molecular complexity index is 527. The number of benzene rings is 1. The van der Waals surface area contributed by atoms with Crippen LogP contribution in [0.2, 0.25) is 5.02 Å². The van der Waals surface area contributed by atoms with Crippen molar-refractivity contribution in [1.82, 2.24) is 0 Å². The van der Waals surface area contributed by atoms with Gasteiger partial charge in [-0.05, 0) is 31.0 Å². The smallest absolute Gasteiger partial charge is 0.235 e. The van der Waals surface area contributed by atoms with Crippen LogP contribution in [-0.2, 0) is 14.8 Å². The number of rotatable bonds is 3. The molecule has 0 radical (unpaired) electrons. The van der Waals surface area contributed by atoms with Gasteiger partial charge in [-0.1, -0.05) is 11.6 Å². The molecule has 0 spiro atoms. The van der Waals surface area contributed by atoms with Crippen LogP contribution in [0.3, 0.4) is 0 Å². The SMILES string of the molecule is Nc1cc(NS(=O)(=O)C2CCOCC2)ccc1Cl. The maximum Gasteiger partial charge on any atom is 0.235 e. The van der Waals surface area contributed by atoms with Crippen molar-refractivity contribution in [3.8, 4) is 0 Å². The van der Waals surface area contributed by atoms with Crippen LogP contribution in [0, 0.1) is 0 Å². The lowest BCUT2D eigenvalue weighted by molar-refractivity contribution is 0.0984. The first-order valence-electron chi connectivity index (χ1n) is 5.63. The first-order chi connectivity index (χ1) is 8.49. The molecule has 5 nitrogen and oxygen atoms in total. The molecule has 0 bridgehead atoms. The largest absolute Gasteiger partial charge is 0.397 e. The zero-order valence-corrected chi connectivity index (χ0v) is 11.3. The summed E-state index contributed by atoms with van der Waals surface area (Å²) in [6.07, 6.45) is 1.02. The van der Waals surface area contributed by atoms with E-state index in [1.165, 1.54) is 6.07 Å². The van der Waals surface area contributed by atoms with Gasteiger partial charge in [0.05, 0.1) is 21.6 Å². The summed E-state index contributed by atoms with van der Waals surface area (Å²) >= 11 is 5.78. The number of anilines is 2. The van der Waals surface area contributed by atoms with Crippen LogP contribution in [0.5, 0.6) is 0 Å². The number of nitrogens with one attached hydrogen (secondary N) is 1. The van der Waals surface area contributed by atoms with Crippen LogP contribution >= 0.6 is 11.6 Å². The highest BCUT2D eigenvalue weighted by Crippen LogP contribution is 2.25. The fourth-order valence-corrected chi connectivity index (χ4v) is 3.39. The van der Waals surface area contributed by atoms with Crippen LogP contribution in [0.15, 0.2) is 18.2 Å². The zero-order chi connectivity index (χ0) is 13.2.